The normalized spacial score (nSPS) is 10.3. The predicted octanol–water partition coefficient (Wildman–Crippen LogP) is 2.77. The largest absolute Gasteiger partial charge is 0.328 e. The van der Waals surface area contributed by atoms with E-state index in [1.165, 1.54) is 5.56 Å². The minimum Gasteiger partial charge on any atom is -0.328 e. The van der Waals surface area contributed by atoms with Gasteiger partial charge in [-0.25, -0.2) is 4.98 Å². The second-order valence-electron chi connectivity index (χ2n) is 3.04. The van der Waals surface area contributed by atoms with E-state index in [1.54, 1.807) is 0 Å². The molecule has 0 amide bonds. The van der Waals surface area contributed by atoms with E-state index in [0.717, 1.165) is 11.6 Å². The maximum absolute atomic E-state index is 4.00. The summed E-state index contributed by atoms with van der Waals surface area (Å²) in [6, 6.07) is 10.5. The third-order valence-electron chi connectivity index (χ3n) is 1.91. The van der Waals surface area contributed by atoms with Gasteiger partial charge in [0.25, 0.3) is 0 Å². The van der Waals surface area contributed by atoms with Crippen LogP contribution in [0.1, 0.15) is 5.56 Å². The van der Waals surface area contributed by atoms with Gasteiger partial charge >= 0.3 is 0 Å². The first-order valence-electron chi connectivity index (χ1n) is 4.52. The van der Waals surface area contributed by atoms with Crippen LogP contribution in [0.25, 0.3) is 0 Å². The zero-order chi connectivity index (χ0) is 9.64. The molecule has 2 aromatic rings. The molecule has 0 aliphatic carbocycles. The maximum atomic E-state index is 4.00. The molecule has 0 atom stereocenters. The van der Waals surface area contributed by atoms with Gasteiger partial charge < -0.3 is 4.57 Å². The molecule has 0 saturated heterocycles. The van der Waals surface area contributed by atoms with Crippen molar-refractivity contribution in [2.75, 3.05) is 0 Å². The second-order valence-corrected chi connectivity index (χ2v) is 4.00. The van der Waals surface area contributed by atoms with E-state index in [4.69, 9.17) is 0 Å². The van der Waals surface area contributed by atoms with Crippen molar-refractivity contribution in [1.82, 2.24) is 9.55 Å². The van der Waals surface area contributed by atoms with Crippen LogP contribution in [0.3, 0.4) is 0 Å². The van der Waals surface area contributed by atoms with Crippen molar-refractivity contribution in [1.29, 1.82) is 0 Å². The van der Waals surface area contributed by atoms with Crippen molar-refractivity contribution in [2.24, 2.45) is 0 Å². The highest BCUT2D eigenvalue weighted by Gasteiger charge is 1.92. The smallest absolute Gasteiger partial charge is 0.0953 e. The molecule has 3 heteroatoms. The molecule has 1 heterocycles. The number of rotatable bonds is 4. The third kappa shape index (κ3) is 2.64. The Balaban J connectivity index is 1.79. The van der Waals surface area contributed by atoms with Crippen LogP contribution in [-0.4, -0.2) is 9.55 Å². The molecule has 0 spiro atoms. The summed E-state index contributed by atoms with van der Waals surface area (Å²) in [5.41, 5.74) is 1.37. The van der Waals surface area contributed by atoms with Gasteiger partial charge in [-0.05, 0) is 5.56 Å². The summed E-state index contributed by atoms with van der Waals surface area (Å²) in [6.45, 7) is 0. The van der Waals surface area contributed by atoms with Gasteiger partial charge in [-0.15, -0.1) is 11.8 Å². The fourth-order valence-corrected chi connectivity index (χ4v) is 2.09. The Morgan fingerprint density at radius 2 is 2.07 bits per heavy atom. The standard InChI is InChI=1S/C11H12N2S/c1-2-4-11(5-3-1)8-14-10-13-7-6-12-9-13/h1-7,9H,8,10H2. The molecule has 0 N–H and O–H groups in total. The maximum Gasteiger partial charge on any atom is 0.0953 e. The SMILES string of the molecule is c1ccc(CSCn2ccnc2)cc1. The number of hydrogen-bond donors (Lipinski definition) is 0. The highest BCUT2D eigenvalue weighted by atomic mass is 32.2. The molecular weight excluding hydrogens is 192 g/mol. The molecule has 0 unspecified atom stereocenters. The molecule has 0 aliphatic heterocycles. The molecule has 0 aliphatic rings. The molecule has 0 bridgehead atoms. The Kier molecular flexibility index (Phi) is 3.24. The number of nitrogens with zero attached hydrogens (tertiary/aromatic N) is 2. The zero-order valence-corrected chi connectivity index (χ0v) is 8.65. The summed E-state index contributed by atoms with van der Waals surface area (Å²) >= 11 is 1.89. The van der Waals surface area contributed by atoms with E-state index in [1.807, 2.05) is 36.5 Å². The summed E-state index contributed by atoms with van der Waals surface area (Å²) < 4.78 is 2.08. The first-order valence-corrected chi connectivity index (χ1v) is 5.68. The molecule has 0 saturated carbocycles. The lowest BCUT2D eigenvalue weighted by atomic mass is 10.2. The van der Waals surface area contributed by atoms with Gasteiger partial charge in [-0.1, -0.05) is 30.3 Å². The fraction of sp³-hybridized carbons (Fsp3) is 0.182. The van der Waals surface area contributed by atoms with Gasteiger partial charge in [-0.2, -0.15) is 0 Å². The van der Waals surface area contributed by atoms with Crippen LogP contribution in [-0.2, 0) is 11.6 Å². The van der Waals surface area contributed by atoms with Crippen molar-refractivity contribution in [2.45, 2.75) is 11.6 Å². The Bertz CT molecular complexity index is 356. The zero-order valence-electron chi connectivity index (χ0n) is 7.84. The number of benzene rings is 1. The Morgan fingerprint density at radius 1 is 1.21 bits per heavy atom. The summed E-state index contributed by atoms with van der Waals surface area (Å²) in [5.74, 6) is 2.02. The van der Waals surface area contributed by atoms with E-state index < -0.39 is 0 Å². The Morgan fingerprint density at radius 3 is 2.79 bits per heavy atom. The van der Waals surface area contributed by atoms with Crippen LogP contribution in [0.15, 0.2) is 49.1 Å². The highest BCUT2D eigenvalue weighted by molar-refractivity contribution is 7.97. The van der Waals surface area contributed by atoms with E-state index in [2.05, 4.69) is 33.8 Å². The van der Waals surface area contributed by atoms with Crippen molar-refractivity contribution >= 4 is 11.8 Å². The van der Waals surface area contributed by atoms with Crippen LogP contribution in [0.2, 0.25) is 0 Å². The average Bonchev–Trinajstić information content (AvgIpc) is 2.72. The first-order chi connectivity index (χ1) is 6.95. The van der Waals surface area contributed by atoms with Crippen molar-refractivity contribution < 1.29 is 0 Å². The molecule has 0 fully saturated rings. The first kappa shape index (κ1) is 9.34. The van der Waals surface area contributed by atoms with Crippen LogP contribution in [0.4, 0.5) is 0 Å². The molecule has 2 nitrogen and oxygen atoms in total. The lowest BCUT2D eigenvalue weighted by Crippen LogP contribution is -1.90. The number of thioether (sulfide) groups is 1. The van der Waals surface area contributed by atoms with E-state index in [0.29, 0.717) is 0 Å². The van der Waals surface area contributed by atoms with Gasteiger partial charge in [0.15, 0.2) is 0 Å². The van der Waals surface area contributed by atoms with Crippen LogP contribution >= 0.6 is 11.8 Å². The van der Waals surface area contributed by atoms with E-state index in [-0.39, 0.29) is 0 Å². The number of aromatic nitrogens is 2. The van der Waals surface area contributed by atoms with Gasteiger partial charge in [0.1, 0.15) is 0 Å². The quantitative estimate of drug-likeness (QED) is 0.762. The summed E-state index contributed by atoms with van der Waals surface area (Å²) in [7, 11) is 0. The molecule has 2 rings (SSSR count). The second kappa shape index (κ2) is 4.86. The average molecular weight is 204 g/mol. The van der Waals surface area contributed by atoms with Gasteiger partial charge in [-0.3, -0.25) is 0 Å². The van der Waals surface area contributed by atoms with Crippen molar-refractivity contribution in [3.05, 3.63) is 54.6 Å². The van der Waals surface area contributed by atoms with Gasteiger partial charge in [0.2, 0.25) is 0 Å². The predicted molar refractivity (Wildman–Crippen MR) is 60.0 cm³/mol. The minimum atomic E-state index is 0.967. The van der Waals surface area contributed by atoms with Crippen molar-refractivity contribution in [3.8, 4) is 0 Å². The van der Waals surface area contributed by atoms with Gasteiger partial charge in [0.05, 0.1) is 12.2 Å². The Labute approximate surface area is 88.0 Å². The minimum absolute atomic E-state index is 0.967. The molecule has 1 aromatic heterocycles. The lowest BCUT2D eigenvalue weighted by molar-refractivity contribution is 0.888. The number of hydrogen-bond acceptors (Lipinski definition) is 2. The summed E-state index contributed by atoms with van der Waals surface area (Å²) in [5, 5.41) is 0. The van der Waals surface area contributed by atoms with Crippen LogP contribution in [0.5, 0.6) is 0 Å². The highest BCUT2D eigenvalue weighted by Crippen LogP contribution is 2.13. The Hall–Kier alpha value is -1.22. The fourth-order valence-electron chi connectivity index (χ4n) is 1.21. The van der Waals surface area contributed by atoms with E-state index in [9.17, 15) is 0 Å². The van der Waals surface area contributed by atoms with Gasteiger partial charge in [0, 0.05) is 18.1 Å². The monoisotopic (exact) mass is 204 g/mol. The summed E-state index contributed by atoms with van der Waals surface area (Å²) in [4.78, 5) is 4.00. The van der Waals surface area contributed by atoms with Crippen LogP contribution < -0.4 is 0 Å². The van der Waals surface area contributed by atoms with Crippen molar-refractivity contribution in [3.63, 3.8) is 0 Å². The molecule has 14 heavy (non-hydrogen) atoms. The lowest BCUT2D eigenvalue weighted by Gasteiger charge is -2.02. The molecule has 0 radical (unpaired) electrons. The van der Waals surface area contributed by atoms with E-state index >= 15 is 0 Å². The third-order valence-corrected chi connectivity index (χ3v) is 2.93. The van der Waals surface area contributed by atoms with Crippen LogP contribution in [0, 0.1) is 0 Å². The molecular formula is C11H12N2S. The molecule has 72 valence electrons. The molecule has 1 aromatic carbocycles. The topological polar surface area (TPSA) is 17.8 Å². The number of imidazole rings is 1. The summed E-state index contributed by atoms with van der Waals surface area (Å²) in [6.07, 6.45) is 5.64.